The number of nitrogens with two attached hydrogens (primary N) is 1. The third kappa shape index (κ3) is 3.15. The molecule has 3 rings (SSSR count). The molecule has 1 fully saturated rings. The molecule has 2 aromatic rings. The van der Waals surface area contributed by atoms with Crippen molar-refractivity contribution in [3.05, 3.63) is 30.5 Å². The fourth-order valence-corrected chi connectivity index (χ4v) is 2.11. The minimum Gasteiger partial charge on any atom is -0.399 e. The SMILES string of the molecule is Nc1ccc2c(NCCOCC3CC3)ccnc2c1. The van der Waals surface area contributed by atoms with E-state index in [2.05, 4.69) is 10.3 Å². The molecule has 0 saturated heterocycles. The van der Waals surface area contributed by atoms with Gasteiger partial charge >= 0.3 is 0 Å². The summed E-state index contributed by atoms with van der Waals surface area (Å²) in [5, 5.41) is 4.49. The van der Waals surface area contributed by atoms with E-state index >= 15 is 0 Å². The maximum absolute atomic E-state index is 5.77. The Morgan fingerprint density at radius 1 is 1.32 bits per heavy atom. The summed E-state index contributed by atoms with van der Waals surface area (Å²) in [6, 6.07) is 7.79. The molecule has 0 unspecified atom stereocenters. The second-order valence-electron chi connectivity index (χ2n) is 5.08. The van der Waals surface area contributed by atoms with Gasteiger partial charge in [-0.15, -0.1) is 0 Å². The molecule has 1 aliphatic rings. The molecule has 4 nitrogen and oxygen atoms in total. The van der Waals surface area contributed by atoms with Gasteiger partial charge in [-0.3, -0.25) is 4.98 Å². The van der Waals surface area contributed by atoms with E-state index in [1.807, 2.05) is 24.3 Å². The maximum atomic E-state index is 5.77. The molecule has 0 atom stereocenters. The van der Waals surface area contributed by atoms with Crippen LogP contribution in [-0.2, 0) is 4.74 Å². The van der Waals surface area contributed by atoms with Gasteiger partial charge in [0.1, 0.15) is 0 Å². The molecule has 1 saturated carbocycles. The monoisotopic (exact) mass is 257 g/mol. The quantitative estimate of drug-likeness (QED) is 0.617. The Bertz CT molecular complexity index is 566. The van der Waals surface area contributed by atoms with Crippen molar-refractivity contribution in [3.63, 3.8) is 0 Å². The number of nitrogen functional groups attached to an aromatic ring is 1. The van der Waals surface area contributed by atoms with Crippen LogP contribution in [0.3, 0.4) is 0 Å². The van der Waals surface area contributed by atoms with Gasteiger partial charge < -0.3 is 15.8 Å². The first-order valence-corrected chi connectivity index (χ1v) is 6.79. The predicted octanol–water partition coefficient (Wildman–Crippen LogP) is 2.66. The number of rotatable bonds is 6. The topological polar surface area (TPSA) is 60.2 Å². The number of nitrogens with one attached hydrogen (secondary N) is 1. The second-order valence-corrected chi connectivity index (χ2v) is 5.08. The van der Waals surface area contributed by atoms with E-state index < -0.39 is 0 Å². The average Bonchev–Trinajstić information content (AvgIpc) is 3.22. The summed E-state index contributed by atoms with van der Waals surface area (Å²) < 4.78 is 5.61. The Labute approximate surface area is 113 Å². The zero-order valence-corrected chi connectivity index (χ0v) is 10.9. The number of hydrogen-bond donors (Lipinski definition) is 2. The number of benzene rings is 1. The molecule has 0 amide bonds. The third-order valence-electron chi connectivity index (χ3n) is 3.38. The Kier molecular flexibility index (Phi) is 3.51. The Morgan fingerprint density at radius 2 is 2.21 bits per heavy atom. The highest BCUT2D eigenvalue weighted by Crippen LogP contribution is 2.28. The highest BCUT2D eigenvalue weighted by molar-refractivity contribution is 5.92. The van der Waals surface area contributed by atoms with Gasteiger partial charge in [0.15, 0.2) is 0 Å². The second kappa shape index (κ2) is 5.45. The summed E-state index contributed by atoms with van der Waals surface area (Å²) >= 11 is 0. The van der Waals surface area contributed by atoms with Crippen molar-refractivity contribution < 1.29 is 4.74 Å². The van der Waals surface area contributed by atoms with Gasteiger partial charge in [-0.1, -0.05) is 0 Å². The van der Waals surface area contributed by atoms with Crippen LogP contribution in [-0.4, -0.2) is 24.7 Å². The van der Waals surface area contributed by atoms with Crippen molar-refractivity contribution in [1.82, 2.24) is 4.98 Å². The minimum absolute atomic E-state index is 0.741. The molecule has 0 aliphatic heterocycles. The molecule has 0 spiro atoms. The first-order chi connectivity index (χ1) is 9.33. The van der Waals surface area contributed by atoms with Crippen LogP contribution in [0.2, 0.25) is 0 Å². The molecule has 1 aromatic carbocycles. The molecule has 19 heavy (non-hydrogen) atoms. The van der Waals surface area contributed by atoms with Gasteiger partial charge in [0.2, 0.25) is 0 Å². The fourth-order valence-electron chi connectivity index (χ4n) is 2.11. The number of nitrogens with zero attached hydrogens (tertiary/aromatic N) is 1. The van der Waals surface area contributed by atoms with Crippen LogP contribution in [0.1, 0.15) is 12.8 Å². The largest absolute Gasteiger partial charge is 0.399 e. The number of hydrogen-bond acceptors (Lipinski definition) is 4. The zero-order valence-electron chi connectivity index (χ0n) is 10.9. The summed E-state index contributed by atoms with van der Waals surface area (Å²) in [4.78, 5) is 4.33. The molecule has 1 heterocycles. The van der Waals surface area contributed by atoms with Gasteiger partial charge in [-0.05, 0) is 43.0 Å². The smallest absolute Gasteiger partial charge is 0.0743 e. The molecule has 3 N–H and O–H groups in total. The van der Waals surface area contributed by atoms with Crippen molar-refractivity contribution >= 4 is 22.3 Å². The molecule has 0 radical (unpaired) electrons. The van der Waals surface area contributed by atoms with Crippen molar-refractivity contribution in [2.45, 2.75) is 12.8 Å². The maximum Gasteiger partial charge on any atom is 0.0743 e. The normalized spacial score (nSPS) is 14.7. The Morgan fingerprint density at radius 3 is 3.05 bits per heavy atom. The van der Waals surface area contributed by atoms with E-state index in [1.54, 1.807) is 6.20 Å². The van der Waals surface area contributed by atoms with Crippen LogP contribution in [0.5, 0.6) is 0 Å². The number of fused-ring (bicyclic) bond motifs is 1. The van der Waals surface area contributed by atoms with Crippen LogP contribution >= 0.6 is 0 Å². The van der Waals surface area contributed by atoms with E-state index in [0.29, 0.717) is 0 Å². The molecule has 1 aromatic heterocycles. The molecule has 0 bridgehead atoms. The van der Waals surface area contributed by atoms with E-state index in [9.17, 15) is 0 Å². The van der Waals surface area contributed by atoms with Crippen LogP contribution < -0.4 is 11.1 Å². The van der Waals surface area contributed by atoms with Crippen molar-refractivity contribution in [2.75, 3.05) is 30.8 Å². The van der Waals surface area contributed by atoms with Gasteiger partial charge in [0, 0.05) is 36.1 Å². The minimum atomic E-state index is 0.741. The first-order valence-electron chi connectivity index (χ1n) is 6.79. The Hall–Kier alpha value is -1.81. The summed E-state index contributed by atoms with van der Waals surface area (Å²) in [6.07, 6.45) is 4.48. The summed E-state index contributed by atoms with van der Waals surface area (Å²) in [5.74, 6) is 0.824. The van der Waals surface area contributed by atoms with Gasteiger partial charge in [0.25, 0.3) is 0 Å². The van der Waals surface area contributed by atoms with Crippen molar-refractivity contribution in [3.8, 4) is 0 Å². The highest BCUT2D eigenvalue weighted by atomic mass is 16.5. The van der Waals surface area contributed by atoms with Crippen molar-refractivity contribution in [2.24, 2.45) is 5.92 Å². The van der Waals surface area contributed by atoms with E-state index in [0.717, 1.165) is 48.0 Å². The van der Waals surface area contributed by atoms with Crippen molar-refractivity contribution in [1.29, 1.82) is 0 Å². The molecule has 1 aliphatic carbocycles. The van der Waals surface area contributed by atoms with Crippen LogP contribution in [0.15, 0.2) is 30.5 Å². The molecular formula is C15H19N3O. The number of pyridine rings is 1. The third-order valence-corrected chi connectivity index (χ3v) is 3.38. The van der Waals surface area contributed by atoms with E-state index in [-0.39, 0.29) is 0 Å². The standard InChI is InChI=1S/C15H19N3O/c16-12-3-4-13-14(5-6-17-15(13)9-12)18-7-8-19-10-11-1-2-11/h3-6,9,11H,1-2,7-8,10,16H2,(H,17,18). The highest BCUT2D eigenvalue weighted by Gasteiger charge is 2.20. The lowest BCUT2D eigenvalue weighted by molar-refractivity contribution is 0.134. The lowest BCUT2D eigenvalue weighted by Gasteiger charge is -2.10. The average molecular weight is 257 g/mol. The van der Waals surface area contributed by atoms with Gasteiger partial charge in [-0.2, -0.15) is 0 Å². The number of anilines is 2. The summed E-state index contributed by atoms with van der Waals surface area (Å²) in [6.45, 7) is 2.47. The van der Waals surface area contributed by atoms with Crippen LogP contribution in [0.4, 0.5) is 11.4 Å². The predicted molar refractivity (Wildman–Crippen MR) is 78.2 cm³/mol. The van der Waals surface area contributed by atoms with E-state index in [4.69, 9.17) is 10.5 Å². The lowest BCUT2D eigenvalue weighted by Crippen LogP contribution is -2.11. The number of aromatic nitrogens is 1. The molecule has 4 heteroatoms. The van der Waals surface area contributed by atoms with Gasteiger partial charge in [0.05, 0.1) is 12.1 Å². The van der Waals surface area contributed by atoms with Gasteiger partial charge in [-0.25, -0.2) is 0 Å². The van der Waals surface area contributed by atoms with Crippen LogP contribution in [0.25, 0.3) is 10.9 Å². The summed E-state index contributed by atoms with van der Waals surface area (Å²) in [7, 11) is 0. The van der Waals surface area contributed by atoms with Crippen LogP contribution in [0, 0.1) is 5.92 Å². The fraction of sp³-hybridized carbons (Fsp3) is 0.400. The zero-order chi connectivity index (χ0) is 13.1. The first kappa shape index (κ1) is 12.2. The van der Waals surface area contributed by atoms with E-state index in [1.165, 1.54) is 12.8 Å². The Balaban J connectivity index is 1.60. The number of ether oxygens (including phenoxy) is 1. The molecule has 100 valence electrons. The lowest BCUT2D eigenvalue weighted by atomic mass is 10.1. The summed E-state index contributed by atoms with van der Waals surface area (Å²) in [5.41, 5.74) is 8.51. The molecular weight excluding hydrogens is 238 g/mol.